The normalized spacial score (nSPS) is 11.5. The molecule has 8 nitrogen and oxygen atoms in total. The molecule has 2 rings (SSSR count). The molecule has 2 aromatic rings. The van der Waals surface area contributed by atoms with Gasteiger partial charge in [-0.1, -0.05) is 32.0 Å². The molecule has 2 aromatic carbocycles. The van der Waals surface area contributed by atoms with Crippen molar-refractivity contribution in [1.29, 1.82) is 0 Å². The highest BCUT2D eigenvalue weighted by Gasteiger charge is 2.20. The highest BCUT2D eigenvalue weighted by Crippen LogP contribution is 2.18. The Balaban J connectivity index is 1.98. The minimum absolute atomic E-state index is 0.211. The fourth-order valence-corrected chi connectivity index (χ4v) is 4.29. The fourth-order valence-electron chi connectivity index (χ4n) is 2.83. The van der Waals surface area contributed by atoms with E-state index in [0.29, 0.717) is 30.1 Å². The number of anilines is 1. The minimum Gasteiger partial charge on any atom is -0.482 e. The molecule has 0 spiro atoms. The van der Waals surface area contributed by atoms with Gasteiger partial charge in [0.2, 0.25) is 15.9 Å². The third-order valence-corrected chi connectivity index (χ3v) is 6.48. The van der Waals surface area contributed by atoms with E-state index in [2.05, 4.69) is 5.32 Å². The van der Waals surface area contributed by atoms with Gasteiger partial charge >= 0.3 is 5.97 Å². The Labute approximate surface area is 188 Å². The number of nitrogens with one attached hydrogen (secondary N) is 1. The first-order valence-electron chi connectivity index (χ1n) is 10.3. The van der Waals surface area contributed by atoms with Crippen molar-refractivity contribution < 1.29 is 27.5 Å². The third-order valence-electron chi connectivity index (χ3n) is 4.41. The van der Waals surface area contributed by atoms with Crippen LogP contribution in [-0.4, -0.2) is 50.9 Å². The number of carbonyl (C=O) groups is 2. The van der Waals surface area contributed by atoms with Gasteiger partial charge < -0.3 is 14.8 Å². The van der Waals surface area contributed by atoms with Crippen molar-refractivity contribution in [3.63, 3.8) is 0 Å². The molecular formula is C23H28N2O6S. The number of sulfonamides is 1. The van der Waals surface area contributed by atoms with Gasteiger partial charge in [0.05, 0.1) is 11.5 Å². The lowest BCUT2D eigenvalue weighted by atomic mass is 10.2. The van der Waals surface area contributed by atoms with E-state index in [-0.39, 0.29) is 24.0 Å². The van der Waals surface area contributed by atoms with Gasteiger partial charge in [-0.25, -0.2) is 13.2 Å². The van der Waals surface area contributed by atoms with Gasteiger partial charge in [-0.05, 0) is 42.8 Å². The summed E-state index contributed by atoms with van der Waals surface area (Å²) in [6, 6.07) is 13.0. The first-order valence-corrected chi connectivity index (χ1v) is 11.7. The molecule has 0 atom stereocenters. The third kappa shape index (κ3) is 7.21. The number of ether oxygens (including phenoxy) is 2. The van der Waals surface area contributed by atoms with Crippen LogP contribution >= 0.6 is 0 Å². The summed E-state index contributed by atoms with van der Waals surface area (Å²) in [5.41, 5.74) is 1.19. The van der Waals surface area contributed by atoms with Crippen LogP contribution in [0.5, 0.6) is 5.75 Å². The largest absolute Gasteiger partial charge is 0.482 e. The number of carbonyl (C=O) groups excluding carboxylic acids is 2. The Morgan fingerprint density at radius 3 is 2.34 bits per heavy atom. The Morgan fingerprint density at radius 2 is 1.72 bits per heavy atom. The van der Waals surface area contributed by atoms with Crippen LogP contribution in [0.4, 0.5) is 5.69 Å². The van der Waals surface area contributed by atoms with Crippen molar-refractivity contribution in [2.75, 3.05) is 31.6 Å². The number of esters is 1. The van der Waals surface area contributed by atoms with Crippen LogP contribution in [0, 0.1) is 0 Å². The number of amides is 1. The fraction of sp³-hybridized carbons (Fsp3) is 0.304. The Hall–Kier alpha value is -3.17. The molecule has 0 saturated carbocycles. The van der Waals surface area contributed by atoms with Gasteiger partial charge in [-0.2, -0.15) is 4.31 Å². The van der Waals surface area contributed by atoms with Crippen LogP contribution in [0.1, 0.15) is 26.3 Å². The molecule has 0 aromatic heterocycles. The lowest BCUT2D eigenvalue weighted by Gasteiger charge is -2.18. The number of hydrogen-bond donors (Lipinski definition) is 1. The first kappa shape index (κ1) is 25.1. The topological polar surface area (TPSA) is 102 Å². The highest BCUT2D eigenvalue weighted by atomic mass is 32.2. The average Bonchev–Trinajstić information content (AvgIpc) is 2.78. The second-order valence-electron chi connectivity index (χ2n) is 6.60. The summed E-state index contributed by atoms with van der Waals surface area (Å²) in [4.78, 5) is 23.8. The summed E-state index contributed by atoms with van der Waals surface area (Å²) in [5.74, 6) is -0.419. The molecule has 0 aliphatic rings. The molecule has 1 amide bonds. The van der Waals surface area contributed by atoms with E-state index in [1.165, 1.54) is 22.5 Å². The SMILES string of the molecule is CCOC(=O)COc1cccc(NC(=O)/C=C/c2ccc(S(=O)(=O)N(CC)CC)cc2)c1. The summed E-state index contributed by atoms with van der Waals surface area (Å²) >= 11 is 0. The van der Waals surface area contributed by atoms with Crippen molar-refractivity contribution in [2.24, 2.45) is 0 Å². The standard InChI is InChI=1S/C23H28N2O6S/c1-4-25(5-2)32(28,29)21-13-10-18(11-14-21)12-15-22(26)24-19-8-7-9-20(16-19)31-17-23(27)30-6-3/h7-16H,4-6,17H2,1-3H3,(H,24,26)/b15-12+. The maximum Gasteiger partial charge on any atom is 0.344 e. The van der Waals surface area contributed by atoms with E-state index >= 15 is 0 Å². The first-order chi connectivity index (χ1) is 15.3. The zero-order chi connectivity index (χ0) is 23.6. The summed E-state index contributed by atoms with van der Waals surface area (Å²) in [7, 11) is -3.52. The van der Waals surface area contributed by atoms with Crippen LogP contribution in [0.25, 0.3) is 6.08 Å². The van der Waals surface area contributed by atoms with Crippen molar-refractivity contribution in [3.8, 4) is 5.75 Å². The molecule has 0 bridgehead atoms. The Morgan fingerprint density at radius 1 is 1.03 bits per heavy atom. The Kier molecular flexibility index (Phi) is 9.42. The molecule has 9 heteroatoms. The molecule has 1 N–H and O–H groups in total. The highest BCUT2D eigenvalue weighted by molar-refractivity contribution is 7.89. The van der Waals surface area contributed by atoms with Gasteiger partial charge in [0.15, 0.2) is 6.61 Å². The predicted molar refractivity (Wildman–Crippen MR) is 123 cm³/mol. The molecule has 32 heavy (non-hydrogen) atoms. The smallest absolute Gasteiger partial charge is 0.344 e. The van der Waals surface area contributed by atoms with Gasteiger partial charge in [0, 0.05) is 30.9 Å². The summed E-state index contributed by atoms with van der Waals surface area (Å²) in [5, 5.41) is 2.71. The predicted octanol–water partition coefficient (Wildman–Crippen LogP) is 3.31. The van der Waals surface area contributed by atoms with Crippen LogP contribution in [0.3, 0.4) is 0 Å². The number of benzene rings is 2. The van der Waals surface area contributed by atoms with E-state index in [1.807, 2.05) is 0 Å². The number of nitrogens with zero attached hydrogens (tertiary/aromatic N) is 1. The molecule has 172 valence electrons. The van der Waals surface area contributed by atoms with Crippen LogP contribution in [-0.2, 0) is 24.3 Å². The van der Waals surface area contributed by atoms with E-state index in [4.69, 9.17) is 9.47 Å². The van der Waals surface area contributed by atoms with E-state index < -0.39 is 16.0 Å². The zero-order valence-electron chi connectivity index (χ0n) is 18.4. The van der Waals surface area contributed by atoms with Crippen LogP contribution in [0.15, 0.2) is 59.5 Å². The molecule has 0 radical (unpaired) electrons. The summed E-state index contributed by atoms with van der Waals surface area (Å²) in [6.45, 7) is 6.15. The van der Waals surface area contributed by atoms with Crippen molar-refractivity contribution in [2.45, 2.75) is 25.7 Å². The monoisotopic (exact) mass is 460 g/mol. The van der Waals surface area contributed by atoms with Gasteiger partial charge in [0.1, 0.15) is 5.75 Å². The van der Waals surface area contributed by atoms with E-state index in [0.717, 1.165) is 0 Å². The second-order valence-corrected chi connectivity index (χ2v) is 8.54. The van der Waals surface area contributed by atoms with Crippen molar-refractivity contribution in [1.82, 2.24) is 4.31 Å². The minimum atomic E-state index is -3.52. The van der Waals surface area contributed by atoms with Crippen molar-refractivity contribution >= 4 is 33.7 Å². The van der Waals surface area contributed by atoms with Gasteiger partial charge in [-0.3, -0.25) is 4.79 Å². The second kappa shape index (κ2) is 12.0. The molecular weight excluding hydrogens is 432 g/mol. The summed E-state index contributed by atoms with van der Waals surface area (Å²) < 4.78 is 36.6. The lowest BCUT2D eigenvalue weighted by molar-refractivity contribution is -0.145. The molecule has 0 fully saturated rings. The molecule has 0 aliphatic carbocycles. The quantitative estimate of drug-likeness (QED) is 0.408. The average molecular weight is 461 g/mol. The molecule has 0 unspecified atom stereocenters. The maximum absolute atomic E-state index is 12.5. The zero-order valence-corrected chi connectivity index (χ0v) is 19.2. The number of rotatable bonds is 11. The molecule has 0 heterocycles. The van der Waals surface area contributed by atoms with E-state index in [1.54, 1.807) is 63.2 Å². The molecule has 0 saturated heterocycles. The van der Waals surface area contributed by atoms with Crippen LogP contribution in [0.2, 0.25) is 0 Å². The molecule has 0 aliphatic heterocycles. The number of hydrogen-bond acceptors (Lipinski definition) is 6. The van der Waals surface area contributed by atoms with E-state index in [9.17, 15) is 18.0 Å². The maximum atomic E-state index is 12.5. The lowest BCUT2D eigenvalue weighted by Crippen LogP contribution is -2.30. The summed E-state index contributed by atoms with van der Waals surface area (Å²) in [6.07, 6.45) is 2.93. The van der Waals surface area contributed by atoms with Crippen molar-refractivity contribution in [3.05, 3.63) is 60.2 Å². The Bertz CT molecular complexity index is 1040. The van der Waals surface area contributed by atoms with Gasteiger partial charge in [-0.15, -0.1) is 0 Å². The van der Waals surface area contributed by atoms with Crippen LogP contribution < -0.4 is 10.1 Å². The van der Waals surface area contributed by atoms with Gasteiger partial charge in [0.25, 0.3) is 0 Å².